The second kappa shape index (κ2) is 7.43. The van der Waals surface area contributed by atoms with Crippen LogP contribution in [0.15, 0.2) is 47.4 Å². The molecule has 0 aromatic heterocycles. The molecule has 2 aliphatic rings. The molecule has 168 valence electrons. The predicted octanol–water partition coefficient (Wildman–Crippen LogP) is 5.57. The topological polar surface area (TPSA) is 40.6 Å². The number of benzene rings is 2. The van der Waals surface area contributed by atoms with Gasteiger partial charge in [-0.25, -0.2) is 8.42 Å². The number of nitrogens with zero attached hydrogens (tertiary/aromatic N) is 2. The van der Waals surface area contributed by atoms with E-state index in [1.165, 1.54) is 10.4 Å². The quantitative estimate of drug-likeness (QED) is 0.609. The van der Waals surface area contributed by atoms with Gasteiger partial charge in [0.1, 0.15) is 0 Å². The molecule has 0 saturated carbocycles. The molecule has 2 aliphatic heterocycles. The Morgan fingerprint density at radius 3 is 2.26 bits per heavy atom. The fourth-order valence-electron chi connectivity index (χ4n) is 4.41. The fourth-order valence-corrected chi connectivity index (χ4v) is 5.93. The summed E-state index contributed by atoms with van der Waals surface area (Å²) in [6.07, 6.45) is -1.98. The maximum absolute atomic E-state index is 13.5. The number of hydrogen-bond donors (Lipinski definition) is 0. The molecule has 1 fully saturated rings. The van der Waals surface area contributed by atoms with Crippen molar-refractivity contribution in [3.63, 3.8) is 0 Å². The monoisotopic (exact) mass is 452 g/mol. The minimum Gasteiger partial charge on any atom is -0.365 e. The van der Waals surface area contributed by atoms with Crippen molar-refractivity contribution in [2.45, 2.75) is 62.6 Å². The van der Waals surface area contributed by atoms with Crippen LogP contribution in [0.25, 0.3) is 0 Å². The molecule has 1 atom stereocenters. The van der Waals surface area contributed by atoms with Crippen LogP contribution >= 0.6 is 0 Å². The largest absolute Gasteiger partial charge is 0.416 e. The standard InChI is InChI=1S/C23H27F3N2O2S/c1-4-22(2,3)16-7-10-19(11-8-16)31(29,30)28-15-18-6-5-13-27(18)21-14-17(23(24,25)26)9-12-20(21)28/h7-12,14,18H,4-6,13,15H2,1-3H3/t18-/m1/s1. The second-order valence-corrected chi connectivity index (χ2v) is 10.9. The third-order valence-corrected chi connectivity index (χ3v) is 8.54. The summed E-state index contributed by atoms with van der Waals surface area (Å²) >= 11 is 0. The van der Waals surface area contributed by atoms with Gasteiger partial charge in [-0.2, -0.15) is 13.2 Å². The number of rotatable bonds is 4. The van der Waals surface area contributed by atoms with E-state index in [0.717, 1.165) is 37.0 Å². The Labute approximate surface area is 181 Å². The SMILES string of the molecule is CCC(C)(C)c1ccc(S(=O)(=O)N2C[C@H]3CCCN3c3cc(C(F)(F)F)ccc32)cc1. The van der Waals surface area contributed by atoms with Crippen molar-refractivity contribution in [2.75, 3.05) is 22.3 Å². The summed E-state index contributed by atoms with van der Waals surface area (Å²) in [6.45, 7) is 7.16. The smallest absolute Gasteiger partial charge is 0.365 e. The number of halogens is 3. The Bertz CT molecular complexity index is 1080. The molecule has 0 spiro atoms. The van der Waals surface area contributed by atoms with Crippen LogP contribution in [0.4, 0.5) is 24.5 Å². The van der Waals surface area contributed by atoms with E-state index < -0.39 is 21.8 Å². The van der Waals surface area contributed by atoms with Crippen molar-refractivity contribution in [1.82, 2.24) is 0 Å². The molecular weight excluding hydrogens is 425 g/mol. The molecule has 0 amide bonds. The summed E-state index contributed by atoms with van der Waals surface area (Å²) in [5.41, 5.74) is 0.866. The minimum absolute atomic E-state index is 0.0711. The molecular formula is C23H27F3N2O2S. The highest BCUT2D eigenvalue weighted by atomic mass is 32.2. The van der Waals surface area contributed by atoms with Gasteiger partial charge in [0.2, 0.25) is 0 Å². The summed E-state index contributed by atoms with van der Waals surface area (Å²) < 4.78 is 68.3. The zero-order valence-corrected chi connectivity index (χ0v) is 18.7. The lowest BCUT2D eigenvalue weighted by Gasteiger charge is -2.40. The van der Waals surface area contributed by atoms with Gasteiger partial charge in [-0.3, -0.25) is 4.31 Å². The summed E-state index contributed by atoms with van der Waals surface area (Å²) in [5.74, 6) is 0. The summed E-state index contributed by atoms with van der Waals surface area (Å²) in [7, 11) is -3.91. The Hall–Kier alpha value is -2.22. The molecule has 2 aromatic rings. The molecule has 0 bridgehead atoms. The van der Waals surface area contributed by atoms with E-state index in [1.54, 1.807) is 12.1 Å². The van der Waals surface area contributed by atoms with Gasteiger partial charge in [0, 0.05) is 12.6 Å². The number of anilines is 2. The van der Waals surface area contributed by atoms with Crippen LogP contribution in [-0.2, 0) is 21.6 Å². The molecule has 0 aliphatic carbocycles. The van der Waals surface area contributed by atoms with Crippen LogP contribution in [0, 0.1) is 0 Å². The molecule has 8 heteroatoms. The average molecular weight is 453 g/mol. The highest BCUT2D eigenvalue weighted by Gasteiger charge is 2.41. The van der Waals surface area contributed by atoms with Gasteiger partial charge in [-0.1, -0.05) is 32.9 Å². The first-order valence-electron chi connectivity index (χ1n) is 10.6. The van der Waals surface area contributed by atoms with Crippen LogP contribution in [-0.4, -0.2) is 27.5 Å². The van der Waals surface area contributed by atoms with Gasteiger partial charge < -0.3 is 4.90 Å². The van der Waals surface area contributed by atoms with Crippen LogP contribution < -0.4 is 9.21 Å². The fraction of sp³-hybridized carbons (Fsp3) is 0.478. The first-order chi connectivity index (χ1) is 14.4. The summed E-state index contributed by atoms with van der Waals surface area (Å²) in [4.78, 5) is 2.07. The molecule has 1 saturated heterocycles. The van der Waals surface area contributed by atoms with Crippen LogP contribution in [0.5, 0.6) is 0 Å². The number of hydrogen-bond acceptors (Lipinski definition) is 3. The van der Waals surface area contributed by atoms with E-state index >= 15 is 0 Å². The average Bonchev–Trinajstić information content (AvgIpc) is 3.21. The zero-order chi connectivity index (χ0) is 22.6. The zero-order valence-electron chi connectivity index (χ0n) is 17.9. The molecule has 4 nitrogen and oxygen atoms in total. The Morgan fingerprint density at radius 1 is 1.00 bits per heavy atom. The lowest BCUT2D eigenvalue weighted by Crippen LogP contribution is -2.48. The lowest BCUT2D eigenvalue weighted by atomic mass is 9.82. The van der Waals surface area contributed by atoms with Crippen LogP contribution in [0.1, 0.15) is 51.2 Å². The van der Waals surface area contributed by atoms with E-state index in [-0.39, 0.29) is 22.9 Å². The summed E-state index contributed by atoms with van der Waals surface area (Å²) in [5, 5.41) is 0. The normalized spacial score (nSPS) is 19.4. The summed E-state index contributed by atoms with van der Waals surface area (Å²) in [6, 6.07) is 10.1. The van der Waals surface area contributed by atoms with Gasteiger partial charge >= 0.3 is 6.18 Å². The maximum atomic E-state index is 13.5. The first kappa shape index (κ1) is 22.0. The molecule has 0 unspecified atom stereocenters. The van der Waals surface area contributed by atoms with Crippen molar-refractivity contribution >= 4 is 21.4 Å². The van der Waals surface area contributed by atoms with Crippen molar-refractivity contribution in [2.24, 2.45) is 0 Å². The van der Waals surface area contributed by atoms with Crippen molar-refractivity contribution in [3.05, 3.63) is 53.6 Å². The van der Waals surface area contributed by atoms with Crippen LogP contribution in [0.3, 0.4) is 0 Å². The lowest BCUT2D eigenvalue weighted by molar-refractivity contribution is -0.137. The van der Waals surface area contributed by atoms with Gasteiger partial charge in [-0.15, -0.1) is 0 Å². The van der Waals surface area contributed by atoms with Gasteiger partial charge in [0.25, 0.3) is 10.0 Å². The van der Waals surface area contributed by atoms with E-state index in [4.69, 9.17) is 0 Å². The molecule has 2 aromatic carbocycles. The number of sulfonamides is 1. The minimum atomic E-state index is -4.48. The molecule has 0 N–H and O–H groups in total. The second-order valence-electron chi connectivity index (χ2n) is 8.99. The van der Waals surface area contributed by atoms with Crippen molar-refractivity contribution < 1.29 is 21.6 Å². The Kier molecular flexibility index (Phi) is 5.27. The first-order valence-corrected chi connectivity index (χ1v) is 12.0. The van der Waals surface area contributed by atoms with E-state index in [9.17, 15) is 21.6 Å². The third-order valence-electron chi connectivity index (χ3n) is 6.74. The number of alkyl halides is 3. The Morgan fingerprint density at radius 2 is 1.65 bits per heavy atom. The predicted molar refractivity (Wildman–Crippen MR) is 116 cm³/mol. The van der Waals surface area contributed by atoms with Gasteiger partial charge in [-0.05, 0) is 60.6 Å². The van der Waals surface area contributed by atoms with E-state index in [1.807, 2.05) is 17.0 Å². The third kappa shape index (κ3) is 3.79. The number of fused-ring (bicyclic) bond motifs is 3. The van der Waals surface area contributed by atoms with Gasteiger partial charge in [0.05, 0.1) is 28.4 Å². The Balaban J connectivity index is 1.77. The highest BCUT2D eigenvalue weighted by molar-refractivity contribution is 7.92. The van der Waals surface area contributed by atoms with Crippen LogP contribution in [0.2, 0.25) is 0 Å². The van der Waals surface area contributed by atoms with E-state index in [0.29, 0.717) is 17.9 Å². The van der Waals surface area contributed by atoms with Gasteiger partial charge in [0.15, 0.2) is 0 Å². The van der Waals surface area contributed by atoms with E-state index in [2.05, 4.69) is 20.8 Å². The van der Waals surface area contributed by atoms with Crippen molar-refractivity contribution in [3.8, 4) is 0 Å². The molecule has 2 heterocycles. The highest BCUT2D eigenvalue weighted by Crippen LogP contribution is 2.44. The molecule has 0 radical (unpaired) electrons. The molecule has 31 heavy (non-hydrogen) atoms. The van der Waals surface area contributed by atoms with Crippen molar-refractivity contribution in [1.29, 1.82) is 0 Å². The maximum Gasteiger partial charge on any atom is 0.416 e. The molecule has 4 rings (SSSR count).